The highest BCUT2D eigenvalue weighted by molar-refractivity contribution is 5.79. The molecule has 1 saturated carbocycles. The summed E-state index contributed by atoms with van der Waals surface area (Å²) in [7, 11) is 1.41. The average molecular weight is 197 g/mol. The zero-order valence-corrected chi connectivity index (χ0v) is 9.01. The number of rotatable bonds is 4. The standard InChI is InChI=1S/C11H19NO2/c1-8(2)10(11(13)14-3)12-9-6-4-5-7-9/h9-10,12H,1,4-7H2,2-3H3. The third-order valence-electron chi connectivity index (χ3n) is 2.69. The highest BCUT2D eigenvalue weighted by Gasteiger charge is 2.24. The molecule has 1 unspecified atom stereocenters. The molecule has 1 atom stereocenters. The van der Waals surface area contributed by atoms with Crippen LogP contribution < -0.4 is 5.32 Å². The maximum Gasteiger partial charge on any atom is 0.327 e. The topological polar surface area (TPSA) is 38.3 Å². The van der Waals surface area contributed by atoms with Crippen molar-refractivity contribution in [2.24, 2.45) is 0 Å². The molecule has 3 heteroatoms. The highest BCUT2D eigenvalue weighted by atomic mass is 16.5. The highest BCUT2D eigenvalue weighted by Crippen LogP contribution is 2.19. The van der Waals surface area contributed by atoms with E-state index < -0.39 is 0 Å². The SMILES string of the molecule is C=C(C)C(NC1CCCC1)C(=O)OC. The van der Waals surface area contributed by atoms with E-state index in [1.807, 2.05) is 6.92 Å². The number of carbonyl (C=O) groups excluding carboxylic acids is 1. The fourth-order valence-electron chi connectivity index (χ4n) is 1.86. The lowest BCUT2D eigenvalue weighted by Crippen LogP contribution is -2.43. The van der Waals surface area contributed by atoms with E-state index in [1.54, 1.807) is 0 Å². The van der Waals surface area contributed by atoms with Gasteiger partial charge in [-0.3, -0.25) is 10.1 Å². The minimum Gasteiger partial charge on any atom is -0.468 e. The molecule has 0 bridgehead atoms. The quantitative estimate of drug-likeness (QED) is 0.550. The summed E-state index contributed by atoms with van der Waals surface area (Å²) in [5.74, 6) is -0.232. The first-order chi connectivity index (χ1) is 6.65. The Morgan fingerprint density at radius 1 is 1.50 bits per heavy atom. The number of hydrogen-bond donors (Lipinski definition) is 1. The molecule has 1 aliphatic carbocycles. The van der Waals surface area contributed by atoms with Gasteiger partial charge in [0.25, 0.3) is 0 Å². The molecule has 14 heavy (non-hydrogen) atoms. The molecule has 0 radical (unpaired) electrons. The number of methoxy groups -OCH3 is 1. The second kappa shape index (κ2) is 5.15. The molecular weight excluding hydrogens is 178 g/mol. The van der Waals surface area contributed by atoms with Crippen LogP contribution in [0.4, 0.5) is 0 Å². The van der Waals surface area contributed by atoms with Gasteiger partial charge < -0.3 is 4.74 Å². The van der Waals surface area contributed by atoms with Crippen molar-refractivity contribution in [3.8, 4) is 0 Å². The minimum atomic E-state index is -0.330. The molecule has 0 aromatic heterocycles. The molecule has 0 aromatic rings. The maximum atomic E-state index is 11.4. The Hall–Kier alpha value is -0.830. The van der Waals surface area contributed by atoms with Crippen molar-refractivity contribution in [3.05, 3.63) is 12.2 Å². The Morgan fingerprint density at radius 3 is 2.50 bits per heavy atom. The van der Waals surface area contributed by atoms with Crippen LogP contribution in [0.1, 0.15) is 32.6 Å². The van der Waals surface area contributed by atoms with E-state index in [1.165, 1.54) is 20.0 Å². The van der Waals surface area contributed by atoms with Gasteiger partial charge in [0, 0.05) is 6.04 Å². The molecule has 1 fully saturated rings. The van der Waals surface area contributed by atoms with Crippen molar-refractivity contribution in [1.29, 1.82) is 0 Å². The van der Waals surface area contributed by atoms with Gasteiger partial charge in [-0.2, -0.15) is 0 Å². The van der Waals surface area contributed by atoms with Gasteiger partial charge in [-0.05, 0) is 19.8 Å². The molecule has 0 spiro atoms. The van der Waals surface area contributed by atoms with Gasteiger partial charge in [0.15, 0.2) is 0 Å². The van der Waals surface area contributed by atoms with Crippen LogP contribution in [0.3, 0.4) is 0 Å². The summed E-state index contributed by atoms with van der Waals surface area (Å²) in [6, 6.07) is 0.124. The van der Waals surface area contributed by atoms with Crippen LogP contribution in [0.15, 0.2) is 12.2 Å². The molecule has 1 rings (SSSR count). The fraction of sp³-hybridized carbons (Fsp3) is 0.727. The first kappa shape index (κ1) is 11.2. The molecule has 3 nitrogen and oxygen atoms in total. The largest absolute Gasteiger partial charge is 0.468 e. The van der Waals surface area contributed by atoms with Crippen molar-refractivity contribution < 1.29 is 9.53 Å². The van der Waals surface area contributed by atoms with Crippen LogP contribution in [0.5, 0.6) is 0 Å². The summed E-state index contributed by atoms with van der Waals surface area (Å²) in [6.45, 7) is 5.65. The van der Waals surface area contributed by atoms with E-state index in [9.17, 15) is 4.79 Å². The van der Waals surface area contributed by atoms with Crippen LogP contribution in [-0.4, -0.2) is 25.2 Å². The third-order valence-corrected chi connectivity index (χ3v) is 2.69. The van der Waals surface area contributed by atoms with E-state index >= 15 is 0 Å². The second-order valence-electron chi connectivity index (χ2n) is 3.95. The van der Waals surface area contributed by atoms with Gasteiger partial charge in [0.05, 0.1) is 7.11 Å². The molecule has 0 aliphatic heterocycles. The van der Waals surface area contributed by atoms with Crippen LogP contribution in [-0.2, 0) is 9.53 Å². The van der Waals surface area contributed by atoms with Crippen molar-refractivity contribution >= 4 is 5.97 Å². The molecule has 1 N–H and O–H groups in total. The summed E-state index contributed by atoms with van der Waals surface area (Å²) in [6.07, 6.45) is 4.81. The maximum absolute atomic E-state index is 11.4. The van der Waals surface area contributed by atoms with Crippen LogP contribution in [0.2, 0.25) is 0 Å². The lowest BCUT2D eigenvalue weighted by molar-refractivity contribution is -0.142. The normalized spacial score (nSPS) is 19.3. The molecule has 1 aliphatic rings. The summed E-state index contributed by atoms with van der Waals surface area (Å²) in [4.78, 5) is 11.4. The van der Waals surface area contributed by atoms with Gasteiger partial charge >= 0.3 is 5.97 Å². The van der Waals surface area contributed by atoms with Crippen LogP contribution in [0.25, 0.3) is 0 Å². The predicted molar refractivity (Wildman–Crippen MR) is 56.0 cm³/mol. The van der Waals surface area contributed by atoms with Crippen LogP contribution >= 0.6 is 0 Å². The molecular formula is C11H19NO2. The van der Waals surface area contributed by atoms with Gasteiger partial charge in [-0.15, -0.1) is 0 Å². The molecule has 80 valence electrons. The summed E-state index contributed by atoms with van der Waals surface area (Å²) in [5.41, 5.74) is 0.823. The van der Waals surface area contributed by atoms with E-state index in [4.69, 9.17) is 4.74 Å². The summed E-state index contributed by atoms with van der Waals surface area (Å²) in [5, 5.41) is 3.29. The van der Waals surface area contributed by atoms with Crippen molar-refractivity contribution in [2.75, 3.05) is 7.11 Å². The predicted octanol–water partition coefficient (Wildman–Crippen LogP) is 1.64. The second-order valence-corrected chi connectivity index (χ2v) is 3.95. The number of nitrogens with one attached hydrogen (secondary N) is 1. The number of ether oxygens (including phenoxy) is 1. The van der Waals surface area contributed by atoms with E-state index in [2.05, 4.69) is 11.9 Å². The minimum absolute atomic E-state index is 0.232. The van der Waals surface area contributed by atoms with Gasteiger partial charge in [0.1, 0.15) is 6.04 Å². The van der Waals surface area contributed by atoms with Gasteiger partial charge in [-0.1, -0.05) is 25.0 Å². The number of hydrogen-bond acceptors (Lipinski definition) is 3. The van der Waals surface area contributed by atoms with E-state index in [-0.39, 0.29) is 12.0 Å². The molecule has 0 heterocycles. The monoisotopic (exact) mass is 197 g/mol. The Bertz CT molecular complexity index is 219. The summed E-state index contributed by atoms with van der Waals surface area (Å²) >= 11 is 0. The zero-order chi connectivity index (χ0) is 10.6. The van der Waals surface area contributed by atoms with Crippen LogP contribution in [0, 0.1) is 0 Å². The first-order valence-corrected chi connectivity index (χ1v) is 5.14. The molecule has 0 amide bonds. The smallest absolute Gasteiger partial charge is 0.327 e. The van der Waals surface area contributed by atoms with Crippen molar-refractivity contribution in [2.45, 2.75) is 44.7 Å². The van der Waals surface area contributed by atoms with Gasteiger partial charge in [-0.25, -0.2) is 0 Å². The van der Waals surface area contributed by atoms with Crippen molar-refractivity contribution in [3.63, 3.8) is 0 Å². The Balaban J connectivity index is 2.50. The zero-order valence-electron chi connectivity index (χ0n) is 9.01. The van der Waals surface area contributed by atoms with Crippen molar-refractivity contribution in [1.82, 2.24) is 5.32 Å². The molecule has 0 aromatic carbocycles. The Morgan fingerprint density at radius 2 is 2.07 bits per heavy atom. The number of carbonyl (C=O) groups is 1. The van der Waals surface area contributed by atoms with E-state index in [0.717, 1.165) is 18.4 Å². The lowest BCUT2D eigenvalue weighted by atomic mass is 10.1. The third kappa shape index (κ3) is 2.84. The first-order valence-electron chi connectivity index (χ1n) is 5.14. The van der Waals surface area contributed by atoms with E-state index in [0.29, 0.717) is 6.04 Å². The fourth-order valence-corrected chi connectivity index (χ4v) is 1.86. The number of esters is 1. The Kier molecular flexibility index (Phi) is 4.14. The lowest BCUT2D eigenvalue weighted by Gasteiger charge is -2.20. The average Bonchev–Trinajstić information content (AvgIpc) is 2.65. The molecule has 0 saturated heterocycles. The summed E-state index contributed by atoms with van der Waals surface area (Å²) < 4.78 is 4.72. The van der Waals surface area contributed by atoms with Gasteiger partial charge in [0.2, 0.25) is 0 Å². The Labute approximate surface area is 85.5 Å².